The van der Waals surface area contributed by atoms with Gasteiger partial charge in [0.2, 0.25) is 5.89 Å². The number of unbranched alkanes of at least 4 members (excludes halogenated alkanes) is 1. The Bertz CT molecular complexity index is 727. The molecule has 0 saturated carbocycles. The predicted molar refractivity (Wildman–Crippen MR) is 96.7 cm³/mol. The Balaban J connectivity index is 1.39. The lowest BCUT2D eigenvalue weighted by atomic mass is 10.2. The molecule has 0 unspecified atom stereocenters. The summed E-state index contributed by atoms with van der Waals surface area (Å²) < 4.78 is 23.6. The average molecular weight is 376 g/mol. The number of aromatic nitrogens is 2. The lowest BCUT2D eigenvalue weighted by Gasteiger charge is -2.33. The summed E-state index contributed by atoms with van der Waals surface area (Å²) in [5.74, 6) is 1.47. The van der Waals surface area contributed by atoms with Gasteiger partial charge in [0.15, 0.2) is 12.4 Å². The highest BCUT2D eigenvalue weighted by Gasteiger charge is 2.22. The van der Waals surface area contributed by atoms with Crippen molar-refractivity contribution in [3.05, 3.63) is 41.8 Å². The van der Waals surface area contributed by atoms with E-state index in [0.29, 0.717) is 31.3 Å². The number of ether oxygens (including phenoxy) is 1. The summed E-state index contributed by atoms with van der Waals surface area (Å²) in [6.07, 6.45) is 3.00. The molecule has 0 aliphatic carbocycles. The number of amides is 1. The van der Waals surface area contributed by atoms with Gasteiger partial charge in [-0.15, -0.1) is 0 Å². The third kappa shape index (κ3) is 5.75. The zero-order valence-electron chi connectivity index (χ0n) is 15.6. The number of nitrogens with zero attached hydrogens (tertiary/aromatic N) is 4. The number of aryl methyl sites for hydroxylation is 1. The fraction of sp³-hybridized carbons (Fsp3) is 0.526. The van der Waals surface area contributed by atoms with E-state index >= 15 is 0 Å². The zero-order chi connectivity index (χ0) is 19.1. The normalized spacial score (nSPS) is 15.1. The lowest BCUT2D eigenvalue weighted by molar-refractivity contribution is -0.135. The van der Waals surface area contributed by atoms with E-state index in [-0.39, 0.29) is 18.3 Å². The van der Waals surface area contributed by atoms with E-state index in [0.717, 1.165) is 38.2 Å². The molecule has 0 radical (unpaired) electrons. The second-order valence-corrected chi connectivity index (χ2v) is 6.61. The highest BCUT2D eigenvalue weighted by molar-refractivity contribution is 5.77. The third-order valence-corrected chi connectivity index (χ3v) is 4.52. The molecule has 0 bridgehead atoms. The maximum atomic E-state index is 12.9. The van der Waals surface area contributed by atoms with Gasteiger partial charge in [-0.3, -0.25) is 9.69 Å². The summed E-state index contributed by atoms with van der Waals surface area (Å²) in [4.78, 5) is 20.7. The Kier molecular flexibility index (Phi) is 6.75. The van der Waals surface area contributed by atoms with Gasteiger partial charge in [-0.2, -0.15) is 4.98 Å². The Morgan fingerprint density at radius 3 is 2.67 bits per heavy atom. The van der Waals surface area contributed by atoms with E-state index in [1.54, 1.807) is 4.90 Å². The Labute approximate surface area is 158 Å². The molecule has 8 heteroatoms. The van der Waals surface area contributed by atoms with Gasteiger partial charge in [0.25, 0.3) is 5.91 Å². The number of carbonyl (C=O) groups excluding carboxylic acids is 1. The van der Waals surface area contributed by atoms with Gasteiger partial charge >= 0.3 is 0 Å². The molecule has 1 fully saturated rings. The number of hydrogen-bond donors (Lipinski definition) is 0. The minimum atomic E-state index is -0.330. The molecule has 0 atom stereocenters. The third-order valence-electron chi connectivity index (χ3n) is 4.52. The summed E-state index contributed by atoms with van der Waals surface area (Å²) in [5.41, 5.74) is 0. The van der Waals surface area contributed by atoms with Crippen molar-refractivity contribution in [2.45, 2.75) is 32.7 Å². The molecule has 1 aliphatic heterocycles. The van der Waals surface area contributed by atoms with Crippen LogP contribution in [0.2, 0.25) is 0 Å². The fourth-order valence-corrected chi connectivity index (χ4v) is 2.90. The minimum Gasteiger partial charge on any atom is -0.484 e. The quantitative estimate of drug-likeness (QED) is 0.704. The molecule has 146 valence electrons. The SMILES string of the molecule is CCCCc1noc(CN2CCN(C(=O)COc3ccc(F)cc3)CC2)n1. The molecular weight excluding hydrogens is 351 g/mol. The second kappa shape index (κ2) is 9.45. The van der Waals surface area contributed by atoms with E-state index in [9.17, 15) is 9.18 Å². The van der Waals surface area contributed by atoms with Crippen LogP contribution >= 0.6 is 0 Å². The van der Waals surface area contributed by atoms with E-state index in [2.05, 4.69) is 22.0 Å². The zero-order valence-corrected chi connectivity index (χ0v) is 15.6. The van der Waals surface area contributed by atoms with Crippen LogP contribution in [0.25, 0.3) is 0 Å². The Morgan fingerprint density at radius 2 is 1.96 bits per heavy atom. The molecule has 1 aromatic heterocycles. The summed E-state index contributed by atoms with van der Waals surface area (Å²) >= 11 is 0. The molecule has 0 N–H and O–H groups in total. The largest absolute Gasteiger partial charge is 0.484 e. The van der Waals surface area contributed by atoms with Crippen molar-refractivity contribution in [2.75, 3.05) is 32.8 Å². The number of carbonyl (C=O) groups is 1. The van der Waals surface area contributed by atoms with Gasteiger partial charge in [0.1, 0.15) is 11.6 Å². The standard InChI is InChI=1S/C19H25FN4O3/c1-2-3-4-17-21-18(27-22-17)13-23-9-11-24(12-10-23)19(25)14-26-16-7-5-15(20)6-8-16/h5-8H,2-4,9-14H2,1H3. The van der Waals surface area contributed by atoms with Crippen molar-refractivity contribution in [3.8, 4) is 5.75 Å². The maximum absolute atomic E-state index is 12.9. The summed E-state index contributed by atoms with van der Waals surface area (Å²) in [6, 6.07) is 5.65. The number of hydrogen-bond acceptors (Lipinski definition) is 6. The molecular formula is C19H25FN4O3. The highest BCUT2D eigenvalue weighted by Crippen LogP contribution is 2.12. The molecule has 0 spiro atoms. The molecule has 1 aromatic carbocycles. The molecule has 2 heterocycles. The van der Waals surface area contributed by atoms with Crippen LogP contribution in [0.1, 0.15) is 31.5 Å². The van der Waals surface area contributed by atoms with Crippen LogP contribution in [0.15, 0.2) is 28.8 Å². The smallest absolute Gasteiger partial charge is 0.260 e. The first kappa shape index (κ1) is 19.3. The first-order valence-electron chi connectivity index (χ1n) is 9.34. The first-order chi connectivity index (χ1) is 13.1. The van der Waals surface area contributed by atoms with E-state index < -0.39 is 0 Å². The van der Waals surface area contributed by atoms with Crippen molar-refractivity contribution in [1.29, 1.82) is 0 Å². The van der Waals surface area contributed by atoms with E-state index in [1.807, 2.05) is 0 Å². The van der Waals surface area contributed by atoms with Crippen LogP contribution in [0.5, 0.6) is 5.75 Å². The number of rotatable bonds is 8. The van der Waals surface area contributed by atoms with Crippen molar-refractivity contribution in [1.82, 2.24) is 19.9 Å². The molecule has 1 saturated heterocycles. The van der Waals surface area contributed by atoms with Gasteiger partial charge in [-0.05, 0) is 30.7 Å². The summed E-state index contributed by atoms with van der Waals surface area (Å²) in [5, 5.41) is 4.00. The number of halogens is 1. The van der Waals surface area contributed by atoms with Crippen molar-refractivity contribution in [2.24, 2.45) is 0 Å². The van der Waals surface area contributed by atoms with Gasteiger partial charge < -0.3 is 14.2 Å². The summed E-state index contributed by atoms with van der Waals surface area (Å²) in [7, 11) is 0. The minimum absolute atomic E-state index is 0.0456. The molecule has 1 amide bonds. The van der Waals surface area contributed by atoms with Gasteiger partial charge in [0, 0.05) is 32.6 Å². The monoisotopic (exact) mass is 376 g/mol. The van der Waals surface area contributed by atoms with Gasteiger partial charge in [-0.25, -0.2) is 4.39 Å². The van der Waals surface area contributed by atoms with Gasteiger partial charge in [-0.1, -0.05) is 18.5 Å². The maximum Gasteiger partial charge on any atom is 0.260 e. The van der Waals surface area contributed by atoms with Crippen molar-refractivity contribution >= 4 is 5.91 Å². The van der Waals surface area contributed by atoms with Crippen LogP contribution in [0.4, 0.5) is 4.39 Å². The average Bonchev–Trinajstić information content (AvgIpc) is 3.13. The molecule has 7 nitrogen and oxygen atoms in total. The molecule has 27 heavy (non-hydrogen) atoms. The van der Waals surface area contributed by atoms with Crippen LogP contribution in [0, 0.1) is 5.82 Å². The number of benzene rings is 1. The molecule has 1 aliphatic rings. The second-order valence-electron chi connectivity index (χ2n) is 6.61. The highest BCUT2D eigenvalue weighted by atomic mass is 19.1. The van der Waals surface area contributed by atoms with E-state index in [1.165, 1.54) is 24.3 Å². The van der Waals surface area contributed by atoms with Crippen LogP contribution < -0.4 is 4.74 Å². The van der Waals surface area contributed by atoms with Gasteiger partial charge in [0.05, 0.1) is 6.54 Å². The first-order valence-corrected chi connectivity index (χ1v) is 9.34. The summed E-state index contributed by atoms with van der Waals surface area (Å²) in [6.45, 7) is 5.44. The fourth-order valence-electron chi connectivity index (χ4n) is 2.90. The lowest BCUT2D eigenvalue weighted by Crippen LogP contribution is -2.49. The number of piperazine rings is 1. The predicted octanol–water partition coefficient (Wildman–Crippen LogP) is 2.27. The van der Waals surface area contributed by atoms with Crippen LogP contribution in [-0.2, 0) is 17.8 Å². The van der Waals surface area contributed by atoms with E-state index in [4.69, 9.17) is 9.26 Å². The van der Waals surface area contributed by atoms with Crippen LogP contribution in [-0.4, -0.2) is 58.6 Å². The Morgan fingerprint density at radius 1 is 1.22 bits per heavy atom. The topological polar surface area (TPSA) is 71.7 Å². The van der Waals surface area contributed by atoms with Crippen molar-refractivity contribution in [3.63, 3.8) is 0 Å². The van der Waals surface area contributed by atoms with Crippen molar-refractivity contribution < 1.29 is 18.4 Å². The van der Waals surface area contributed by atoms with Crippen LogP contribution in [0.3, 0.4) is 0 Å². The molecule has 3 rings (SSSR count). The molecule has 2 aromatic rings. The Hall–Kier alpha value is -2.48.